The zero-order valence-corrected chi connectivity index (χ0v) is 15.8. The number of anilines is 1. The van der Waals surface area contributed by atoms with Gasteiger partial charge in [0.1, 0.15) is 0 Å². The molecular weight excluding hydrogens is 352 g/mol. The summed E-state index contributed by atoms with van der Waals surface area (Å²) in [6, 6.07) is 17.9. The summed E-state index contributed by atoms with van der Waals surface area (Å²) in [7, 11) is 0. The van der Waals surface area contributed by atoms with E-state index in [2.05, 4.69) is 21.4 Å². The minimum Gasteiger partial charge on any atom is -0.379 e. The summed E-state index contributed by atoms with van der Waals surface area (Å²) >= 11 is 0. The highest BCUT2D eigenvalue weighted by atomic mass is 16.5. The van der Waals surface area contributed by atoms with Crippen LogP contribution in [0.2, 0.25) is 0 Å². The lowest BCUT2D eigenvalue weighted by atomic mass is 10.1. The van der Waals surface area contributed by atoms with Crippen LogP contribution >= 0.6 is 0 Å². The van der Waals surface area contributed by atoms with Gasteiger partial charge in [-0.05, 0) is 35.4 Å². The van der Waals surface area contributed by atoms with Gasteiger partial charge in [0.25, 0.3) is 0 Å². The Morgan fingerprint density at radius 3 is 2.68 bits per heavy atom. The lowest BCUT2D eigenvalue weighted by Crippen LogP contribution is -2.35. The zero-order chi connectivity index (χ0) is 19.2. The van der Waals surface area contributed by atoms with Crippen LogP contribution in [0.4, 0.5) is 5.69 Å². The lowest BCUT2D eigenvalue weighted by Gasteiger charge is -2.26. The number of amides is 1. The Hall–Kier alpha value is -2.96. The molecule has 1 aromatic heterocycles. The molecule has 28 heavy (non-hydrogen) atoms. The quantitative estimate of drug-likeness (QED) is 0.719. The first kappa shape index (κ1) is 18.4. The molecule has 4 rings (SSSR count). The van der Waals surface area contributed by atoms with Gasteiger partial charge in [0.05, 0.1) is 31.5 Å². The molecule has 1 saturated heterocycles. The van der Waals surface area contributed by atoms with E-state index in [1.807, 2.05) is 54.7 Å². The van der Waals surface area contributed by atoms with E-state index in [1.165, 1.54) is 5.56 Å². The summed E-state index contributed by atoms with van der Waals surface area (Å²) < 4.78 is 7.18. The van der Waals surface area contributed by atoms with E-state index in [0.29, 0.717) is 6.42 Å². The molecule has 6 heteroatoms. The molecule has 1 amide bonds. The topological polar surface area (TPSA) is 59.4 Å². The van der Waals surface area contributed by atoms with Crippen LogP contribution in [-0.2, 0) is 22.5 Å². The molecule has 0 aliphatic carbocycles. The molecule has 0 atom stereocenters. The van der Waals surface area contributed by atoms with E-state index in [-0.39, 0.29) is 5.91 Å². The number of benzene rings is 2. The maximum atomic E-state index is 12.5. The van der Waals surface area contributed by atoms with Gasteiger partial charge in [-0.2, -0.15) is 5.10 Å². The van der Waals surface area contributed by atoms with E-state index < -0.39 is 0 Å². The molecule has 0 spiro atoms. The van der Waals surface area contributed by atoms with Crippen LogP contribution < -0.4 is 5.32 Å². The molecule has 2 heterocycles. The van der Waals surface area contributed by atoms with Crippen LogP contribution in [0.5, 0.6) is 0 Å². The number of para-hydroxylation sites is 1. The van der Waals surface area contributed by atoms with Crippen LogP contribution in [0, 0.1) is 0 Å². The Morgan fingerprint density at radius 1 is 1.04 bits per heavy atom. The first-order chi connectivity index (χ1) is 13.8. The van der Waals surface area contributed by atoms with Crippen LogP contribution in [0.25, 0.3) is 5.69 Å². The SMILES string of the molecule is O=C(Cc1cnn(-c2ccccc2)c1)Nc1cccc(CN2CCOCC2)c1. The first-order valence-corrected chi connectivity index (χ1v) is 9.54. The van der Waals surface area contributed by atoms with Gasteiger partial charge < -0.3 is 10.1 Å². The van der Waals surface area contributed by atoms with Crippen molar-refractivity contribution in [1.82, 2.24) is 14.7 Å². The molecule has 6 nitrogen and oxygen atoms in total. The van der Waals surface area contributed by atoms with Crippen molar-refractivity contribution in [1.29, 1.82) is 0 Å². The highest BCUT2D eigenvalue weighted by Gasteiger charge is 2.12. The maximum Gasteiger partial charge on any atom is 0.228 e. The number of carbonyl (C=O) groups is 1. The summed E-state index contributed by atoms with van der Waals surface area (Å²) in [5.41, 5.74) is 3.87. The predicted molar refractivity (Wildman–Crippen MR) is 108 cm³/mol. The van der Waals surface area contributed by atoms with E-state index >= 15 is 0 Å². The Balaban J connectivity index is 1.35. The van der Waals surface area contributed by atoms with Crippen molar-refractivity contribution >= 4 is 11.6 Å². The monoisotopic (exact) mass is 376 g/mol. The Morgan fingerprint density at radius 2 is 1.86 bits per heavy atom. The standard InChI is InChI=1S/C22H24N4O2/c27-22(14-19-15-23-26(17-19)21-7-2-1-3-8-21)24-20-6-4-5-18(13-20)16-25-9-11-28-12-10-25/h1-8,13,15,17H,9-12,14,16H2,(H,24,27). The number of hydrogen-bond acceptors (Lipinski definition) is 4. The van der Waals surface area contributed by atoms with Gasteiger partial charge >= 0.3 is 0 Å². The van der Waals surface area contributed by atoms with Crippen molar-refractivity contribution in [3.8, 4) is 5.69 Å². The van der Waals surface area contributed by atoms with E-state index in [9.17, 15) is 4.79 Å². The van der Waals surface area contributed by atoms with Gasteiger partial charge in [-0.1, -0.05) is 30.3 Å². The van der Waals surface area contributed by atoms with Crippen molar-refractivity contribution < 1.29 is 9.53 Å². The van der Waals surface area contributed by atoms with Gasteiger partial charge in [0.15, 0.2) is 0 Å². The third kappa shape index (κ3) is 4.85. The van der Waals surface area contributed by atoms with Crippen molar-refractivity contribution in [2.45, 2.75) is 13.0 Å². The third-order valence-corrected chi connectivity index (χ3v) is 4.74. The van der Waals surface area contributed by atoms with Crippen molar-refractivity contribution in [3.05, 3.63) is 78.1 Å². The van der Waals surface area contributed by atoms with Gasteiger partial charge in [-0.25, -0.2) is 4.68 Å². The molecule has 2 aromatic carbocycles. The van der Waals surface area contributed by atoms with E-state index in [1.54, 1.807) is 10.9 Å². The van der Waals surface area contributed by atoms with E-state index in [4.69, 9.17) is 4.74 Å². The normalized spacial score (nSPS) is 14.7. The predicted octanol–water partition coefficient (Wildman–Crippen LogP) is 2.89. The average Bonchev–Trinajstić information content (AvgIpc) is 3.18. The van der Waals surface area contributed by atoms with Gasteiger partial charge in [-0.15, -0.1) is 0 Å². The summed E-state index contributed by atoms with van der Waals surface area (Å²) in [5.74, 6) is -0.0452. The van der Waals surface area contributed by atoms with E-state index in [0.717, 1.165) is 49.8 Å². The second-order valence-electron chi connectivity index (χ2n) is 6.94. The Kier molecular flexibility index (Phi) is 5.80. The minimum absolute atomic E-state index is 0.0452. The molecule has 0 radical (unpaired) electrons. The molecule has 3 aromatic rings. The molecule has 0 unspecified atom stereocenters. The number of aromatic nitrogens is 2. The van der Waals surface area contributed by atoms with Crippen molar-refractivity contribution in [2.24, 2.45) is 0 Å². The summed E-state index contributed by atoms with van der Waals surface area (Å²) in [6.45, 7) is 4.33. The number of nitrogens with zero attached hydrogens (tertiary/aromatic N) is 3. The Labute approximate surface area is 164 Å². The molecule has 1 fully saturated rings. The fourth-order valence-corrected chi connectivity index (χ4v) is 3.33. The fraction of sp³-hybridized carbons (Fsp3) is 0.273. The highest BCUT2D eigenvalue weighted by Crippen LogP contribution is 2.15. The number of nitrogens with one attached hydrogen (secondary N) is 1. The number of ether oxygens (including phenoxy) is 1. The molecular formula is C22H24N4O2. The largest absolute Gasteiger partial charge is 0.379 e. The van der Waals surface area contributed by atoms with Crippen LogP contribution in [-0.4, -0.2) is 46.9 Å². The van der Waals surface area contributed by atoms with Crippen molar-refractivity contribution in [2.75, 3.05) is 31.6 Å². The number of rotatable bonds is 6. The summed E-state index contributed by atoms with van der Waals surface area (Å²) in [4.78, 5) is 14.8. The highest BCUT2D eigenvalue weighted by molar-refractivity contribution is 5.92. The molecule has 144 valence electrons. The Bertz CT molecular complexity index is 917. The maximum absolute atomic E-state index is 12.5. The fourth-order valence-electron chi connectivity index (χ4n) is 3.33. The number of carbonyl (C=O) groups excluding carboxylic acids is 1. The summed E-state index contributed by atoms with van der Waals surface area (Å²) in [6.07, 6.45) is 3.92. The first-order valence-electron chi connectivity index (χ1n) is 9.54. The van der Waals surface area contributed by atoms with Gasteiger partial charge in [0, 0.05) is 31.5 Å². The molecule has 1 aliphatic rings. The van der Waals surface area contributed by atoms with Gasteiger partial charge in [0.2, 0.25) is 5.91 Å². The van der Waals surface area contributed by atoms with Crippen molar-refractivity contribution in [3.63, 3.8) is 0 Å². The lowest BCUT2D eigenvalue weighted by molar-refractivity contribution is -0.115. The number of morpholine rings is 1. The minimum atomic E-state index is -0.0452. The molecule has 0 saturated carbocycles. The molecule has 0 bridgehead atoms. The second kappa shape index (κ2) is 8.82. The molecule has 1 aliphatic heterocycles. The smallest absolute Gasteiger partial charge is 0.228 e. The zero-order valence-electron chi connectivity index (χ0n) is 15.8. The van der Waals surface area contributed by atoms with Gasteiger partial charge in [-0.3, -0.25) is 9.69 Å². The second-order valence-corrected chi connectivity index (χ2v) is 6.94. The average molecular weight is 376 g/mol. The van der Waals surface area contributed by atoms with Crippen LogP contribution in [0.3, 0.4) is 0 Å². The number of hydrogen-bond donors (Lipinski definition) is 1. The van der Waals surface area contributed by atoms with Crippen LogP contribution in [0.1, 0.15) is 11.1 Å². The summed E-state index contributed by atoms with van der Waals surface area (Å²) in [5, 5.41) is 7.34. The van der Waals surface area contributed by atoms with Crippen LogP contribution in [0.15, 0.2) is 67.0 Å². The third-order valence-electron chi connectivity index (χ3n) is 4.74. The molecule has 1 N–H and O–H groups in total.